The highest BCUT2D eigenvalue weighted by Crippen LogP contribution is 2.23. The molecule has 2 aliphatic heterocycles. The van der Waals surface area contributed by atoms with Crippen LogP contribution in [0.15, 0.2) is 29.3 Å². The predicted octanol–water partition coefficient (Wildman–Crippen LogP) is 2.37. The van der Waals surface area contributed by atoms with E-state index >= 15 is 0 Å². The molecule has 0 aliphatic carbocycles. The second-order valence-corrected chi connectivity index (χ2v) is 7.61. The van der Waals surface area contributed by atoms with Crippen molar-refractivity contribution >= 4 is 29.9 Å². The number of likely N-dealkylation sites (N-methyl/N-ethyl adjacent to an activating group) is 1. The van der Waals surface area contributed by atoms with Gasteiger partial charge in [0.15, 0.2) is 5.96 Å². The largest absolute Gasteiger partial charge is 0.379 e. The molecular weight excluding hydrogens is 465 g/mol. The smallest absolute Gasteiger partial charge is 0.188 e. The van der Waals surface area contributed by atoms with E-state index in [1.54, 1.807) is 0 Å². The van der Waals surface area contributed by atoms with Crippen molar-refractivity contribution in [2.75, 3.05) is 52.5 Å². The number of morpholine rings is 1. The predicted molar refractivity (Wildman–Crippen MR) is 126 cm³/mol. The molecule has 2 heterocycles. The van der Waals surface area contributed by atoms with Gasteiger partial charge in [0.1, 0.15) is 0 Å². The molecule has 6 nitrogen and oxygen atoms in total. The van der Waals surface area contributed by atoms with E-state index in [-0.39, 0.29) is 30.0 Å². The summed E-state index contributed by atoms with van der Waals surface area (Å²) in [6, 6.07) is 9.60. The van der Waals surface area contributed by atoms with Crippen LogP contribution in [0.5, 0.6) is 0 Å². The first kappa shape index (κ1) is 23.4. The van der Waals surface area contributed by atoms with E-state index in [0.717, 1.165) is 39.4 Å². The van der Waals surface area contributed by atoms with Crippen LogP contribution in [0.4, 0.5) is 0 Å². The first-order valence-corrected chi connectivity index (χ1v) is 10.3. The van der Waals surface area contributed by atoms with Gasteiger partial charge in [-0.1, -0.05) is 36.8 Å². The Morgan fingerprint density at radius 2 is 1.96 bits per heavy atom. The summed E-state index contributed by atoms with van der Waals surface area (Å²) >= 11 is 0. The van der Waals surface area contributed by atoms with E-state index in [9.17, 15) is 0 Å². The molecule has 2 aliphatic rings. The minimum absolute atomic E-state index is 0. The lowest BCUT2D eigenvalue weighted by Crippen LogP contribution is -2.43. The van der Waals surface area contributed by atoms with Crippen molar-refractivity contribution < 1.29 is 4.74 Å². The third kappa shape index (κ3) is 6.57. The Hall–Kier alpha value is -0.900. The van der Waals surface area contributed by atoms with Gasteiger partial charge >= 0.3 is 0 Å². The lowest BCUT2D eigenvalue weighted by Gasteiger charge is -2.34. The van der Waals surface area contributed by atoms with Gasteiger partial charge in [0.05, 0.1) is 25.8 Å². The maximum Gasteiger partial charge on any atom is 0.188 e. The number of likely N-dealkylation sites (tertiary alicyclic amines) is 1. The number of nitrogens with zero attached hydrogens (tertiary/aromatic N) is 3. The first-order valence-electron chi connectivity index (χ1n) is 10.3. The zero-order chi connectivity index (χ0) is 19.1. The average molecular weight is 501 g/mol. The Morgan fingerprint density at radius 3 is 2.64 bits per heavy atom. The molecule has 2 fully saturated rings. The van der Waals surface area contributed by atoms with Gasteiger partial charge in [0.25, 0.3) is 0 Å². The summed E-state index contributed by atoms with van der Waals surface area (Å²) in [5, 5.41) is 3.35. The number of nitrogens with one attached hydrogen (secondary N) is 1. The van der Waals surface area contributed by atoms with Crippen LogP contribution in [0.25, 0.3) is 0 Å². The molecule has 2 unspecified atom stereocenters. The third-order valence-electron chi connectivity index (χ3n) is 5.81. The highest BCUT2D eigenvalue weighted by molar-refractivity contribution is 14.0. The van der Waals surface area contributed by atoms with Gasteiger partial charge in [0, 0.05) is 25.7 Å². The number of hydrogen-bond acceptors (Lipinski definition) is 4. The number of benzene rings is 1. The number of ether oxygens (including phenoxy) is 1. The van der Waals surface area contributed by atoms with Crippen molar-refractivity contribution in [3.63, 3.8) is 0 Å². The number of nitrogens with two attached hydrogens (primary N) is 1. The Labute approximate surface area is 186 Å². The summed E-state index contributed by atoms with van der Waals surface area (Å²) in [6.45, 7) is 11.7. The summed E-state index contributed by atoms with van der Waals surface area (Å²) in [4.78, 5) is 9.67. The molecule has 158 valence electrons. The van der Waals surface area contributed by atoms with Gasteiger partial charge in [0.2, 0.25) is 0 Å². The molecule has 0 aromatic heterocycles. The molecule has 0 radical (unpaired) electrons. The Morgan fingerprint density at radius 1 is 1.25 bits per heavy atom. The van der Waals surface area contributed by atoms with E-state index in [0.29, 0.717) is 18.5 Å². The van der Waals surface area contributed by atoms with Crippen molar-refractivity contribution in [1.82, 2.24) is 15.1 Å². The van der Waals surface area contributed by atoms with E-state index in [4.69, 9.17) is 15.5 Å². The number of aryl methyl sites for hydroxylation is 1. The molecule has 2 saturated heterocycles. The van der Waals surface area contributed by atoms with Crippen LogP contribution in [-0.4, -0.2) is 74.3 Å². The van der Waals surface area contributed by atoms with Crippen LogP contribution >= 0.6 is 24.0 Å². The van der Waals surface area contributed by atoms with Crippen LogP contribution in [0.3, 0.4) is 0 Å². The lowest BCUT2D eigenvalue weighted by atomic mass is 10.0. The van der Waals surface area contributed by atoms with Crippen molar-refractivity contribution in [3.8, 4) is 0 Å². The summed E-state index contributed by atoms with van der Waals surface area (Å²) in [5.41, 5.74) is 8.77. The van der Waals surface area contributed by atoms with E-state index in [1.807, 2.05) is 0 Å². The van der Waals surface area contributed by atoms with E-state index in [1.165, 1.54) is 30.5 Å². The highest BCUT2D eigenvalue weighted by Gasteiger charge is 2.24. The Bertz CT molecular complexity index is 603. The number of aliphatic imine (C=N–C) groups is 1. The Kier molecular flexibility index (Phi) is 9.98. The molecule has 3 N–H and O–H groups in total. The van der Waals surface area contributed by atoms with Crippen molar-refractivity contribution in [2.45, 2.75) is 38.8 Å². The molecular formula is C21H36IN5O. The second kappa shape index (κ2) is 11.9. The molecule has 0 saturated carbocycles. The van der Waals surface area contributed by atoms with Crippen molar-refractivity contribution in [3.05, 3.63) is 35.4 Å². The fourth-order valence-electron chi connectivity index (χ4n) is 4.12. The number of halogens is 1. The van der Waals surface area contributed by atoms with Crippen LogP contribution in [-0.2, 0) is 4.74 Å². The molecule has 1 aromatic rings. The quantitative estimate of drug-likeness (QED) is 0.341. The average Bonchev–Trinajstić information content (AvgIpc) is 3.16. The van der Waals surface area contributed by atoms with Crippen LogP contribution in [0, 0.1) is 6.92 Å². The summed E-state index contributed by atoms with van der Waals surface area (Å²) in [7, 11) is 0. The van der Waals surface area contributed by atoms with Crippen LogP contribution in [0.2, 0.25) is 0 Å². The Balaban J connectivity index is 0.00000280. The maximum atomic E-state index is 6.20. The van der Waals surface area contributed by atoms with Crippen LogP contribution in [0.1, 0.15) is 36.9 Å². The number of guanidine groups is 1. The molecule has 28 heavy (non-hydrogen) atoms. The third-order valence-corrected chi connectivity index (χ3v) is 5.81. The number of hydrogen-bond donors (Lipinski definition) is 2. The summed E-state index contributed by atoms with van der Waals surface area (Å²) < 4.78 is 5.53. The summed E-state index contributed by atoms with van der Waals surface area (Å²) in [6.07, 6.45) is 2.53. The fraction of sp³-hybridized carbons (Fsp3) is 0.667. The number of rotatable bonds is 7. The van der Waals surface area contributed by atoms with E-state index < -0.39 is 0 Å². The van der Waals surface area contributed by atoms with Crippen molar-refractivity contribution in [1.29, 1.82) is 0 Å². The SMILES string of the molecule is CCN1CCCC1CNC(N)=NCC(c1ccc(C)cc1)N1CCOCC1.I. The molecule has 0 spiro atoms. The second-order valence-electron chi connectivity index (χ2n) is 7.61. The van der Waals surface area contributed by atoms with Gasteiger partial charge in [-0.2, -0.15) is 0 Å². The van der Waals surface area contributed by atoms with Crippen molar-refractivity contribution in [2.24, 2.45) is 10.7 Å². The zero-order valence-corrected chi connectivity index (χ0v) is 19.6. The minimum atomic E-state index is 0. The topological polar surface area (TPSA) is 66.1 Å². The first-order chi connectivity index (χ1) is 13.2. The monoisotopic (exact) mass is 501 g/mol. The van der Waals surface area contributed by atoms with Gasteiger partial charge in [-0.25, -0.2) is 0 Å². The standard InChI is InChI=1S/C21H35N5O.HI/c1-3-25-10-4-5-19(25)15-23-21(22)24-16-20(26-11-13-27-14-12-26)18-8-6-17(2)7-9-18;/h6-9,19-20H,3-5,10-16H2,1-2H3,(H3,22,23,24);1H. The molecule has 7 heteroatoms. The molecule has 0 bridgehead atoms. The van der Waals surface area contributed by atoms with Gasteiger partial charge in [-0.3, -0.25) is 14.8 Å². The molecule has 1 aromatic carbocycles. The fourth-order valence-corrected chi connectivity index (χ4v) is 4.12. The van der Waals surface area contributed by atoms with E-state index in [2.05, 4.69) is 53.2 Å². The molecule has 0 amide bonds. The lowest BCUT2D eigenvalue weighted by molar-refractivity contribution is 0.0180. The van der Waals surface area contributed by atoms with Gasteiger partial charge in [-0.05, 0) is 38.4 Å². The molecule has 2 atom stereocenters. The van der Waals surface area contributed by atoms with Gasteiger partial charge < -0.3 is 15.8 Å². The van der Waals surface area contributed by atoms with Gasteiger partial charge in [-0.15, -0.1) is 24.0 Å². The highest BCUT2D eigenvalue weighted by atomic mass is 127. The normalized spacial score (nSPS) is 22.6. The zero-order valence-electron chi connectivity index (χ0n) is 17.3. The molecule has 3 rings (SSSR count). The maximum absolute atomic E-state index is 6.20. The minimum Gasteiger partial charge on any atom is -0.379 e. The summed E-state index contributed by atoms with van der Waals surface area (Å²) in [5.74, 6) is 0.559. The van der Waals surface area contributed by atoms with Crippen LogP contribution < -0.4 is 11.1 Å².